The van der Waals surface area contributed by atoms with Crippen LogP contribution in [0.25, 0.3) is 0 Å². The van der Waals surface area contributed by atoms with Gasteiger partial charge < -0.3 is 14.2 Å². The van der Waals surface area contributed by atoms with Crippen molar-refractivity contribution in [1.82, 2.24) is 0 Å². The number of ether oxygens (including phenoxy) is 3. The van der Waals surface area contributed by atoms with Crippen LogP contribution >= 0.6 is 0 Å². The minimum Gasteiger partial charge on any atom is -0.466 e. The van der Waals surface area contributed by atoms with E-state index in [2.05, 4.69) is 14.2 Å². The highest BCUT2D eigenvalue weighted by molar-refractivity contribution is 5.68. The molecule has 0 aromatic heterocycles. The second-order valence-corrected chi connectivity index (χ2v) is 2.49. The molecule has 0 aliphatic heterocycles. The van der Waals surface area contributed by atoms with Gasteiger partial charge in [-0.2, -0.15) is 0 Å². The molecule has 0 aromatic rings. The van der Waals surface area contributed by atoms with E-state index in [0.29, 0.717) is 26.2 Å². The van der Waals surface area contributed by atoms with E-state index in [1.807, 2.05) is 0 Å². The van der Waals surface area contributed by atoms with Crippen molar-refractivity contribution in [2.24, 2.45) is 0 Å². The Balaban J connectivity index is 0. The maximum Gasteiger partial charge on any atom is 0.305 e. The van der Waals surface area contributed by atoms with Crippen molar-refractivity contribution in [2.75, 3.05) is 26.9 Å². The number of methoxy groups -OCH3 is 1. The lowest BCUT2D eigenvalue weighted by Gasteiger charge is -1.97. The average Bonchev–Trinajstić information content (AvgIpc) is 2.19. The van der Waals surface area contributed by atoms with Gasteiger partial charge in [-0.3, -0.25) is 9.59 Å². The minimum absolute atomic E-state index is 0.123. The molecule has 5 nitrogen and oxygen atoms in total. The highest BCUT2D eigenvalue weighted by atomic mass is 16.6. The van der Waals surface area contributed by atoms with Crippen LogP contribution in [0.1, 0.15) is 27.2 Å². The predicted octanol–water partition coefficient (Wildman–Crippen LogP) is 1.16. The van der Waals surface area contributed by atoms with Crippen molar-refractivity contribution in [3.63, 3.8) is 0 Å². The molecule has 0 fully saturated rings. The second kappa shape index (κ2) is 12.9. The molecule has 0 heterocycles. The van der Waals surface area contributed by atoms with Gasteiger partial charge in [0.2, 0.25) is 0 Å². The van der Waals surface area contributed by atoms with Crippen molar-refractivity contribution < 1.29 is 23.8 Å². The molecule has 0 amide bonds. The zero-order valence-electron chi connectivity index (χ0n) is 9.87. The van der Waals surface area contributed by atoms with Gasteiger partial charge in [0, 0.05) is 20.5 Å². The van der Waals surface area contributed by atoms with Crippen LogP contribution < -0.4 is 0 Å². The SMILES string of the molecule is CCOC(=O)CC.COCCOC(C)=O. The van der Waals surface area contributed by atoms with Gasteiger partial charge in [0.25, 0.3) is 0 Å². The van der Waals surface area contributed by atoms with Crippen LogP contribution in [0.15, 0.2) is 0 Å². The Morgan fingerprint density at radius 1 is 1.07 bits per heavy atom. The summed E-state index contributed by atoms with van der Waals surface area (Å²) in [5.74, 6) is -0.385. The molecule has 0 unspecified atom stereocenters. The van der Waals surface area contributed by atoms with Crippen LogP contribution in [-0.2, 0) is 23.8 Å². The van der Waals surface area contributed by atoms with Crippen LogP contribution in [0.2, 0.25) is 0 Å². The van der Waals surface area contributed by atoms with E-state index in [-0.39, 0.29) is 11.9 Å². The molecule has 0 aliphatic carbocycles. The molecule has 0 saturated carbocycles. The van der Waals surface area contributed by atoms with Gasteiger partial charge in [0.15, 0.2) is 0 Å². The van der Waals surface area contributed by atoms with Gasteiger partial charge >= 0.3 is 11.9 Å². The van der Waals surface area contributed by atoms with Crippen LogP contribution in [0.4, 0.5) is 0 Å². The van der Waals surface area contributed by atoms with Crippen molar-refractivity contribution in [3.05, 3.63) is 0 Å². The van der Waals surface area contributed by atoms with E-state index in [4.69, 9.17) is 0 Å². The Bertz CT molecular complexity index is 167. The first kappa shape index (κ1) is 16.3. The first-order valence-corrected chi connectivity index (χ1v) is 4.86. The van der Waals surface area contributed by atoms with Crippen molar-refractivity contribution in [1.29, 1.82) is 0 Å². The number of hydrogen-bond acceptors (Lipinski definition) is 5. The molecule has 5 heteroatoms. The smallest absolute Gasteiger partial charge is 0.305 e. The molecule has 0 spiro atoms. The molecular formula is C10H20O5. The van der Waals surface area contributed by atoms with Crippen LogP contribution in [0.3, 0.4) is 0 Å². The predicted molar refractivity (Wildman–Crippen MR) is 55.4 cm³/mol. The monoisotopic (exact) mass is 220 g/mol. The fraction of sp³-hybridized carbons (Fsp3) is 0.800. The minimum atomic E-state index is -0.262. The van der Waals surface area contributed by atoms with Crippen LogP contribution in [-0.4, -0.2) is 38.9 Å². The molecule has 0 rings (SSSR count). The van der Waals surface area contributed by atoms with Gasteiger partial charge in [0.1, 0.15) is 6.61 Å². The summed E-state index contributed by atoms with van der Waals surface area (Å²) in [6, 6.07) is 0. The lowest BCUT2D eigenvalue weighted by atomic mass is 10.5. The molecule has 0 radical (unpaired) electrons. The molecule has 0 N–H and O–H groups in total. The largest absolute Gasteiger partial charge is 0.466 e. The lowest BCUT2D eigenvalue weighted by molar-refractivity contribution is -0.143. The third-order valence-electron chi connectivity index (χ3n) is 1.19. The second-order valence-electron chi connectivity index (χ2n) is 2.49. The normalized spacial score (nSPS) is 8.53. The third kappa shape index (κ3) is 19.3. The standard InChI is InChI=1S/C5H10O3.C5H10O2/c1-5(6)8-4-3-7-2;1-3-5(6)7-4-2/h3-4H2,1-2H3;3-4H2,1-2H3. The zero-order chi connectivity index (χ0) is 12.1. The first-order chi connectivity index (χ1) is 7.08. The van der Waals surface area contributed by atoms with Gasteiger partial charge in [0.05, 0.1) is 13.2 Å². The summed E-state index contributed by atoms with van der Waals surface area (Å²) in [6.07, 6.45) is 0.480. The van der Waals surface area contributed by atoms with Gasteiger partial charge in [-0.1, -0.05) is 6.92 Å². The third-order valence-corrected chi connectivity index (χ3v) is 1.19. The van der Waals surface area contributed by atoms with E-state index >= 15 is 0 Å². The quantitative estimate of drug-likeness (QED) is 0.514. The molecule has 0 aliphatic rings. The van der Waals surface area contributed by atoms with Gasteiger partial charge in [-0.05, 0) is 6.92 Å². The fourth-order valence-electron chi connectivity index (χ4n) is 0.532. The van der Waals surface area contributed by atoms with E-state index in [1.165, 1.54) is 6.92 Å². The molecule has 0 aromatic carbocycles. The average molecular weight is 220 g/mol. The Labute approximate surface area is 90.7 Å². The summed E-state index contributed by atoms with van der Waals surface area (Å²) in [6.45, 7) is 6.26. The lowest BCUT2D eigenvalue weighted by Crippen LogP contribution is -2.05. The van der Waals surface area contributed by atoms with Crippen LogP contribution in [0.5, 0.6) is 0 Å². The summed E-state index contributed by atoms with van der Waals surface area (Å²) >= 11 is 0. The van der Waals surface area contributed by atoms with Gasteiger partial charge in [-0.25, -0.2) is 0 Å². The Morgan fingerprint density at radius 2 is 1.67 bits per heavy atom. The molecule has 15 heavy (non-hydrogen) atoms. The maximum absolute atomic E-state index is 10.2. The molecule has 90 valence electrons. The summed E-state index contributed by atoms with van der Waals surface area (Å²) < 4.78 is 13.7. The molecular weight excluding hydrogens is 200 g/mol. The fourth-order valence-corrected chi connectivity index (χ4v) is 0.532. The number of carbonyl (C=O) groups is 2. The zero-order valence-corrected chi connectivity index (χ0v) is 9.87. The Hall–Kier alpha value is -1.10. The molecule has 0 saturated heterocycles. The molecule has 0 atom stereocenters. The van der Waals surface area contributed by atoms with E-state index in [0.717, 1.165) is 0 Å². The molecule has 0 bridgehead atoms. The summed E-state index contributed by atoms with van der Waals surface area (Å²) in [4.78, 5) is 20.2. The summed E-state index contributed by atoms with van der Waals surface area (Å²) in [7, 11) is 1.56. The summed E-state index contributed by atoms with van der Waals surface area (Å²) in [5.41, 5.74) is 0. The van der Waals surface area contributed by atoms with Gasteiger partial charge in [-0.15, -0.1) is 0 Å². The number of rotatable bonds is 5. The maximum atomic E-state index is 10.2. The van der Waals surface area contributed by atoms with E-state index < -0.39 is 0 Å². The Morgan fingerprint density at radius 3 is 1.93 bits per heavy atom. The highest BCUT2D eigenvalue weighted by Gasteiger charge is 1.91. The number of esters is 2. The van der Waals surface area contributed by atoms with E-state index in [1.54, 1.807) is 21.0 Å². The number of carbonyl (C=O) groups excluding carboxylic acids is 2. The van der Waals surface area contributed by atoms with Crippen molar-refractivity contribution >= 4 is 11.9 Å². The van der Waals surface area contributed by atoms with E-state index in [9.17, 15) is 9.59 Å². The number of hydrogen-bond donors (Lipinski definition) is 0. The van der Waals surface area contributed by atoms with Crippen LogP contribution in [0, 0.1) is 0 Å². The summed E-state index contributed by atoms with van der Waals surface area (Å²) in [5, 5.41) is 0. The highest BCUT2D eigenvalue weighted by Crippen LogP contribution is 1.80. The van der Waals surface area contributed by atoms with Crippen molar-refractivity contribution in [2.45, 2.75) is 27.2 Å². The first-order valence-electron chi connectivity index (χ1n) is 4.86. The topological polar surface area (TPSA) is 61.8 Å². The van der Waals surface area contributed by atoms with Crippen molar-refractivity contribution in [3.8, 4) is 0 Å². The Kier molecular flexibility index (Phi) is 14.0.